The smallest absolute Gasteiger partial charge is 0.313 e. The summed E-state index contributed by atoms with van der Waals surface area (Å²) in [6.07, 6.45) is -0.0803. The topological polar surface area (TPSA) is 15.3 Å². The molecule has 0 aromatic carbocycles. The number of alkyl halides is 3. The van der Waals surface area contributed by atoms with Crippen LogP contribution in [-0.4, -0.2) is 42.8 Å². The molecule has 0 amide bonds. The molecule has 2 aliphatic rings. The first-order chi connectivity index (χ1) is 7.04. The van der Waals surface area contributed by atoms with Gasteiger partial charge in [0.2, 0.25) is 0 Å². The molecule has 0 aromatic rings. The molecule has 15 heavy (non-hydrogen) atoms. The van der Waals surface area contributed by atoms with Gasteiger partial charge in [-0.2, -0.15) is 13.2 Å². The van der Waals surface area contributed by atoms with Crippen LogP contribution in [0.2, 0.25) is 0 Å². The number of nitrogens with one attached hydrogen (secondary N) is 1. The van der Waals surface area contributed by atoms with E-state index in [9.17, 15) is 13.2 Å². The lowest BCUT2D eigenvalue weighted by Gasteiger charge is -2.26. The zero-order chi connectivity index (χ0) is 10.9. The van der Waals surface area contributed by atoms with Crippen LogP contribution in [-0.2, 0) is 0 Å². The molecule has 0 aromatic heterocycles. The van der Waals surface area contributed by atoms with Crippen molar-refractivity contribution in [3.8, 4) is 0 Å². The standard InChI is InChI=1S/C10H17F3N2/c11-10(12,13)7-15(9-3-4-9)6-8-2-1-5-14-8/h8-9,14H,1-7H2. The summed E-state index contributed by atoms with van der Waals surface area (Å²) in [5, 5.41) is 3.25. The second kappa shape index (κ2) is 4.29. The molecule has 0 bridgehead atoms. The number of hydrogen-bond acceptors (Lipinski definition) is 2. The summed E-state index contributed by atoms with van der Waals surface area (Å²) in [5.41, 5.74) is 0. The Labute approximate surface area is 87.8 Å². The van der Waals surface area contributed by atoms with E-state index in [1.54, 1.807) is 4.90 Å². The lowest BCUT2D eigenvalue weighted by atomic mass is 10.2. The highest BCUT2D eigenvalue weighted by atomic mass is 19.4. The maximum atomic E-state index is 12.3. The second-order valence-electron chi connectivity index (χ2n) is 4.57. The van der Waals surface area contributed by atoms with Crippen molar-refractivity contribution in [2.45, 2.75) is 43.9 Å². The van der Waals surface area contributed by atoms with Crippen molar-refractivity contribution in [2.75, 3.05) is 19.6 Å². The Hall–Kier alpha value is -0.290. The van der Waals surface area contributed by atoms with Gasteiger partial charge in [-0.15, -0.1) is 0 Å². The molecule has 1 N–H and O–H groups in total. The predicted octanol–water partition coefficient (Wildman–Crippen LogP) is 1.77. The highest BCUT2D eigenvalue weighted by Crippen LogP contribution is 2.30. The normalized spacial score (nSPS) is 27.6. The van der Waals surface area contributed by atoms with Gasteiger partial charge in [-0.3, -0.25) is 4.90 Å². The summed E-state index contributed by atoms with van der Waals surface area (Å²) in [7, 11) is 0. The van der Waals surface area contributed by atoms with Gasteiger partial charge in [0.05, 0.1) is 6.54 Å². The minimum atomic E-state index is -4.05. The summed E-state index contributed by atoms with van der Waals surface area (Å²) in [6, 6.07) is 0.460. The first-order valence-corrected chi connectivity index (χ1v) is 5.59. The average Bonchev–Trinajstić information content (AvgIpc) is 2.83. The quantitative estimate of drug-likeness (QED) is 0.779. The molecule has 0 spiro atoms. The minimum absolute atomic E-state index is 0.189. The summed E-state index contributed by atoms with van der Waals surface area (Å²) >= 11 is 0. The SMILES string of the molecule is FC(F)(F)CN(CC1CCCN1)C1CC1. The van der Waals surface area contributed by atoms with Crippen molar-refractivity contribution >= 4 is 0 Å². The highest BCUT2D eigenvalue weighted by molar-refractivity contribution is 4.89. The van der Waals surface area contributed by atoms with Gasteiger partial charge in [-0.05, 0) is 32.2 Å². The molecular weight excluding hydrogens is 205 g/mol. The fourth-order valence-electron chi connectivity index (χ4n) is 2.21. The molecular formula is C10H17F3N2. The van der Waals surface area contributed by atoms with Crippen molar-refractivity contribution in [1.29, 1.82) is 0 Å². The Bertz CT molecular complexity index is 207. The molecule has 1 saturated carbocycles. The van der Waals surface area contributed by atoms with Crippen LogP contribution in [0.1, 0.15) is 25.7 Å². The van der Waals surface area contributed by atoms with Crippen LogP contribution >= 0.6 is 0 Å². The van der Waals surface area contributed by atoms with Gasteiger partial charge in [-0.1, -0.05) is 0 Å². The maximum Gasteiger partial charge on any atom is 0.401 e. The third kappa shape index (κ3) is 3.65. The maximum absolute atomic E-state index is 12.3. The molecule has 1 saturated heterocycles. The fraction of sp³-hybridized carbons (Fsp3) is 1.00. The zero-order valence-electron chi connectivity index (χ0n) is 8.69. The van der Waals surface area contributed by atoms with E-state index < -0.39 is 12.7 Å². The van der Waals surface area contributed by atoms with E-state index in [0.29, 0.717) is 6.54 Å². The number of rotatable bonds is 4. The van der Waals surface area contributed by atoms with E-state index in [0.717, 1.165) is 32.2 Å². The monoisotopic (exact) mass is 222 g/mol. The Morgan fingerprint density at radius 1 is 1.20 bits per heavy atom. The number of halogens is 3. The lowest BCUT2D eigenvalue weighted by Crippen LogP contribution is -2.43. The zero-order valence-corrected chi connectivity index (χ0v) is 8.69. The largest absolute Gasteiger partial charge is 0.401 e. The van der Waals surface area contributed by atoms with E-state index in [4.69, 9.17) is 0 Å². The molecule has 5 heteroatoms. The minimum Gasteiger partial charge on any atom is -0.313 e. The Morgan fingerprint density at radius 3 is 2.40 bits per heavy atom. The molecule has 2 fully saturated rings. The van der Waals surface area contributed by atoms with E-state index in [1.807, 2.05) is 0 Å². The molecule has 1 aliphatic carbocycles. The highest BCUT2D eigenvalue weighted by Gasteiger charge is 2.38. The third-order valence-corrected chi connectivity index (χ3v) is 3.06. The summed E-state index contributed by atoms with van der Waals surface area (Å²) in [6.45, 7) is 0.773. The number of hydrogen-bond donors (Lipinski definition) is 1. The van der Waals surface area contributed by atoms with Gasteiger partial charge in [0.25, 0.3) is 0 Å². The van der Waals surface area contributed by atoms with Gasteiger partial charge in [0.15, 0.2) is 0 Å². The van der Waals surface area contributed by atoms with Gasteiger partial charge in [-0.25, -0.2) is 0 Å². The Kier molecular flexibility index (Phi) is 3.21. The molecule has 1 unspecified atom stereocenters. The summed E-state index contributed by atoms with van der Waals surface area (Å²) in [5.74, 6) is 0. The average molecular weight is 222 g/mol. The van der Waals surface area contributed by atoms with Crippen LogP contribution in [0.25, 0.3) is 0 Å². The second-order valence-corrected chi connectivity index (χ2v) is 4.57. The molecule has 88 valence electrons. The molecule has 2 rings (SSSR count). The van der Waals surface area contributed by atoms with Crippen molar-refractivity contribution in [3.05, 3.63) is 0 Å². The Morgan fingerprint density at radius 2 is 1.93 bits per heavy atom. The lowest BCUT2D eigenvalue weighted by molar-refractivity contribution is -0.147. The van der Waals surface area contributed by atoms with E-state index in [1.165, 1.54) is 0 Å². The van der Waals surface area contributed by atoms with Gasteiger partial charge >= 0.3 is 6.18 Å². The van der Waals surface area contributed by atoms with Crippen LogP contribution in [0.15, 0.2) is 0 Å². The first kappa shape index (κ1) is 11.2. The van der Waals surface area contributed by atoms with Crippen molar-refractivity contribution in [2.24, 2.45) is 0 Å². The van der Waals surface area contributed by atoms with Crippen molar-refractivity contribution in [3.63, 3.8) is 0 Å². The first-order valence-electron chi connectivity index (χ1n) is 5.59. The van der Waals surface area contributed by atoms with E-state index in [2.05, 4.69) is 5.32 Å². The summed E-state index contributed by atoms with van der Waals surface area (Å²) in [4.78, 5) is 1.60. The number of nitrogens with zero attached hydrogens (tertiary/aromatic N) is 1. The molecule has 1 heterocycles. The van der Waals surface area contributed by atoms with Crippen LogP contribution < -0.4 is 5.32 Å². The molecule has 0 radical (unpaired) electrons. The fourth-order valence-corrected chi connectivity index (χ4v) is 2.21. The van der Waals surface area contributed by atoms with Gasteiger partial charge in [0, 0.05) is 18.6 Å². The van der Waals surface area contributed by atoms with Gasteiger partial charge in [0.1, 0.15) is 0 Å². The van der Waals surface area contributed by atoms with Crippen LogP contribution in [0, 0.1) is 0 Å². The van der Waals surface area contributed by atoms with Crippen molar-refractivity contribution in [1.82, 2.24) is 10.2 Å². The molecule has 2 nitrogen and oxygen atoms in total. The molecule has 1 aliphatic heterocycles. The molecule has 1 atom stereocenters. The Balaban J connectivity index is 1.82. The van der Waals surface area contributed by atoms with Gasteiger partial charge < -0.3 is 5.32 Å². The summed E-state index contributed by atoms with van der Waals surface area (Å²) < 4.78 is 36.9. The van der Waals surface area contributed by atoms with Crippen LogP contribution in [0.4, 0.5) is 13.2 Å². The van der Waals surface area contributed by atoms with E-state index >= 15 is 0 Å². The third-order valence-electron chi connectivity index (χ3n) is 3.06. The predicted molar refractivity (Wildman–Crippen MR) is 51.7 cm³/mol. The van der Waals surface area contributed by atoms with Crippen LogP contribution in [0.3, 0.4) is 0 Å². The van der Waals surface area contributed by atoms with Crippen LogP contribution in [0.5, 0.6) is 0 Å². The van der Waals surface area contributed by atoms with Crippen molar-refractivity contribution < 1.29 is 13.2 Å². The van der Waals surface area contributed by atoms with E-state index in [-0.39, 0.29) is 12.1 Å².